The number of aliphatic imine (C=N–C) groups is 1. The Balaban J connectivity index is 1.63. The summed E-state index contributed by atoms with van der Waals surface area (Å²) in [5, 5.41) is 11.2. The number of carbonyl (C=O) groups is 2. The molecule has 8 heteroatoms. The maximum atomic E-state index is 12.8. The first-order valence-electron chi connectivity index (χ1n) is 8.85. The Kier molecular flexibility index (Phi) is 5.42. The molecular weight excluding hydrogens is 410 g/mol. The van der Waals surface area contributed by atoms with E-state index in [0.717, 1.165) is 34.3 Å². The SMILES string of the molecule is O=C(O)C=C1SC(=Nc2ccccc2)N(CCc2c[nH]c3ccc(Cl)cc23)C1=O. The molecule has 29 heavy (non-hydrogen) atoms. The highest BCUT2D eigenvalue weighted by atomic mass is 35.5. The fraction of sp³-hybridized carbons (Fsp3) is 0.0952. The van der Waals surface area contributed by atoms with E-state index in [4.69, 9.17) is 16.7 Å². The van der Waals surface area contributed by atoms with Crippen LogP contribution in [0.15, 0.2) is 70.7 Å². The van der Waals surface area contributed by atoms with E-state index >= 15 is 0 Å². The van der Waals surface area contributed by atoms with Crippen molar-refractivity contribution in [1.29, 1.82) is 0 Å². The van der Waals surface area contributed by atoms with E-state index in [0.29, 0.717) is 28.8 Å². The second kappa shape index (κ2) is 8.14. The summed E-state index contributed by atoms with van der Waals surface area (Å²) in [7, 11) is 0. The molecule has 2 N–H and O–H groups in total. The number of amides is 1. The standard InChI is InChI=1S/C21H16ClN3O3S/c22-14-6-7-17-16(10-14)13(12-23-17)8-9-25-20(28)18(11-19(26)27)29-21(25)24-15-4-2-1-3-5-15/h1-7,10-12,23H,8-9H2,(H,26,27). The first-order chi connectivity index (χ1) is 14.0. The molecule has 0 radical (unpaired) electrons. The van der Waals surface area contributed by atoms with E-state index in [9.17, 15) is 9.59 Å². The van der Waals surface area contributed by atoms with Gasteiger partial charge in [0.2, 0.25) is 0 Å². The van der Waals surface area contributed by atoms with E-state index in [2.05, 4.69) is 9.98 Å². The van der Waals surface area contributed by atoms with Crippen molar-refractivity contribution in [3.05, 3.63) is 76.3 Å². The number of H-pyrrole nitrogens is 1. The van der Waals surface area contributed by atoms with Gasteiger partial charge in [-0.25, -0.2) is 9.79 Å². The molecule has 4 rings (SSSR count). The maximum Gasteiger partial charge on any atom is 0.329 e. The summed E-state index contributed by atoms with van der Waals surface area (Å²) in [6, 6.07) is 14.9. The molecule has 6 nitrogen and oxygen atoms in total. The van der Waals surface area contributed by atoms with Gasteiger partial charge in [-0.05, 0) is 54.1 Å². The Hall–Kier alpha value is -3.03. The molecule has 0 bridgehead atoms. The molecule has 0 spiro atoms. The van der Waals surface area contributed by atoms with Crippen molar-refractivity contribution in [3.8, 4) is 0 Å². The highest BCUT2D eigenvalue weighted by molar-refractivity contribution is 8.18. The first-order valence-corrected chi connectivity index (χ1v) is 10.0. The van der Waals surface area contributed by atoms with Gasteiger partial charge in [0.25, 0.3) is 5.91 Å². The molecule has 1 saturated heterocycles. The van der Waals surface area contributed by atoms with Crippen LogP contribution in [-0.4, -0.2) is 38.6 Å². The summed E-state index contributed by atoms with van der Waals surface area (Å²) < 4.78 is 0. The lowest BCUT2D eigenvalue weighted by Crippen LogP contribution is -2.31. The van der Waals surface area contributed by atoms with E-state index in [-0.39, 0.29) is 10.8 Å². The van der Waals surface area contributed by atoms with Crippen LogP contribution >= 0.6 is 23.4 Å². The lowest BCUT2D eigenvalue weighted by molar-refractivity contribution is -0.132. The Morgan fingerprint density at radius 2 is 2.03 bits per heavy atom. The Morgan fingerprint density at radius 3 is 2.79 bits per heavy atom. The third-order valence-corrected chi connectivity index (χ3v) is 5.70. The number of aliphatic carboxylic acids is 1. The summed E-state index contributed by atoms with van der Waals surface area (Å²) >= 11 is 7.19. The topological polar surface area (TPSA) is 85.8 Å². The highest BCUT2D eigenvalue weighted by Crippen LogP contribution is 2.33. The van der Waals surface area contributed by atoms with Gasteiger partial charge in [0.1, 0.15) is 0 Å². The zero-order valence-electron chi connectivity index (χ0n) is 15.1. The molecule has 2 heterocycles. The van der Waals surface area contributed by atoms with Crippen LogP contribution in [0.25, 0.3) is 10.9 Å². The van der Waals surface area contributed by atoms with Crippen molar-refractivity contribution in [2.24, 2.45) is 4.99 Å². The predicted octanol–water partition coefficient (Wildman–Crippen LogP) is 4.60. The van der Waals surface area contributed by atoms with Gasteiger partial charge in [0.15, 0.2) is 5.17 Å². The van der Waals surface area contributed by atoms with Gasteiger partial charge in [0.05, 0.1) is 10.6 Å². The number of aromatic nitrogens is 1. The quantitative estimate of drug-likeness (QED) is 0.585. The fourth-order valence-corrected chi connectivity index (χ4v) is 4.26. The van der Waals surface area contributed by atoms with Crippen molar-refractivity contribution in [3.63, 3.8) is 0 Å². The minimum absolute atomic E-state index is 0.147. The van der Waals surface area contributed by atoms with Crippen LogP contribution in [0.3, 0.4) is 0 Å². The summed E-state index contributed by atoms with van der Waals surface area (Å²) in [5.41, 5.74) is 2.69. The molecular formula is C21H16ClN3O3S. The van der Waals surface area contributed by atoms with Crippen LogP contribution in [0.1, 0.15) is 5.56 Å². The number of amidine groups is 1. The summed E-state index contributed by atoms with van der Waals surface area (Å²) in [6.07, 6.45) is 3.40. The maximum absolute atomic E-state index is 12.8. The van der Waals surface area contributed by atoms with E-state index < -0.39 is 5.97 Å². The number of carboxylic acids is 1. The summed E-state index contributed by atoms with van der Waals surface area (Å²) in [5.74, 6) is -1.52. The molecule has 0 unspecified atom stereocenters. The van der Waals surface area contributed by atoms with Crippen LogP contribution in [0, 0.1) is 0 Å². The molecule has 0 saturated carbocycles. The Bertz CT molecular complexity index is 1150. The third-order valence-electron chi connectivity index (χ3n) is 4.46. The Labute approximate surface area is 175 Å². The second-order valence-electron chi connectivity index (χ2n) is 6.39. The van der Waals surface area contributed by atoms with Gasteiger partial charge in [-0.3, -0.25) is 9.69 Å². The second-order valence-corrected chi connectivity index (χ2v) is 7.83. The number of para-hydroxylation sites is 1. The smallest absolute Gasteiger partial charge is 0.329 e. The van der Waals surface area contributed by atoms with E-state index in [1.54, 1.807) is 0 Å². The number of hydrogen-bond donors (Lipinski definition) is 2. The average molecular weight is 426 g/mol. The molecule has 0 atom stereocenters. The van der Waals surface area contributed by atoms with Crippen molar-refractivity contribution < 1.29 is 14.7 Å². The molecule has 1 fully saturated rings. The number of nitrogens with zero attached hydrogens (tertiary/aromatic N) is 2. The van der Waals surface area contributed by atoms with Gasteiger partial charge in [-0.2, -0.15) is 0 Å². The number of thioether (sulfide) groups is 1. The number of aromatic amines is 1. The molecule has 1 aliphatic rings. The average Bonchev–Trinajstić information content (AvgIpc) is 3.21. The number of hydrogen-bond acceptors (Lipinski definition) is 4. The monoisotopic (exact) mass is 425 g/mol. The highest BCUT2D eigenvalue weighted by Gasteiger charge is 2.33. The Morgan fingerprint density at radius 1 is 1.24 bits per heavy atom. The minimum Gasteiger partial charge on any atom is -0.478 e. The van der Waals surface area contributed by atoms with Gasteiger partial charge < -0.3 is 10.1 Å². The van der Waals surface area contributed by atoms with E-state index in [1.165, 1.54) is 4.90 Å². The number of halogens is 1. The molecule has 1 aliphatic heterocycles. The van der Waals surface area contributed by atoms with Crippen molar-refractivity contribution in [1.82, 2.24) is 9.88 Å². The van der Waals surface area contributed by atoms with Crippen LogP contribution in [0.2, 0.25) is 5.02 Å². The minimum atomic E-state index is -1.16. The molecule has 2 aromatic carbocycles. The molecule has 1 aromatic heterocycles. The molecule has 0 aliphatic carbocycles. The third kappa shape index (κ3) is 4.21. The van der Waals surface area contributed by atoms with E-state index in [1.807, 2.05) is 54.7 Å². The molecule has 3 aromatic rings. The van der Waals surface area contributed by atoms with Gasteiger partial charge in [0, 0.05) is 34.7 Å². The summed E-state index contributed by atoms with van der Waals surface area (Å²) in [6.45, 7) is 0.369. The number of fused-ring (bicyclic) bond motifs is 1. The number of rotatable bonds is 5. The van der Waals surface area contributed by atoms with Gasteiger partial charge in [-0.1, -0.05) is 29.8 Å². The van der Waals surface area contributed by atoms with Gasteiger partial charge >= 0.3 is 5.97 Å². The first kappa shape index (κ1) is 19.3. The van der Waals surface area contributed by atoms with Crippen molar-refractivity contribution in [2.45, 2.75) is 6.42 Å². The van der Waals surface area contributed by atoms with Crippen molar-refractivity contribution in [2.75, 3.05) is 6.54 Å². The molecule has 1 amide bonds. The van der Waals surface area contributed by atoms with Crippen LogP contribution in [0.5, 0.6) is 0 Å². The number of carboxylic acid groups (broad SMARTS) is 1. The van der Waals surface area contributed by atoms with Crippen LogP contribution < -0.4 is 0 Å². The summed E-state index contributed by atoms with van der Waals surface area (Å²) in [4.78, 5) is 33.3. The van der Waals surface area contributed by atoms with Crippen LogP contribution in [-0.2, 0) is 16.0 Å². The lowest BCUT2D eigenvalue weighted by Gasteiger charge is -2.15. The fourth-order valence-electron chi connectivity index (χ4n) is 3.10. The normalized spacial score (nSPS) is 17.0. The lowest BCUT2D eigenvalue weighted by atomic mass is 10.1. The van der Waals surface area contributed by atoms with Crippen LogP contribution in [0.4, 0.5) is 5.69 Å². The van der Waals surface area contributed by atoms with Gasteiger partial charge in [-0.15, -0.1) is 0 Å². The number of benzene rings is 2. The zero-order chi connectivity index (χ0) is 20.4. The predicted molar refractivity (Wildman–Crippen MR) is 116 cm³/mol. The molecule has 146 valence electrons. The zero-order valence-corrected chi connectivity index (χ0v) is 16.7. The number of carbonyl (C=O) groups excluding carboxylic acids is 1. The number of nitrogens with one attached hydrogen (secondary N) is 1. The largest absolute Gasteiger partial charge is 0.478 e. The van der Waals surface area contributed by atoms with Crippen molar-refractivity contribution >= 4 is 57.0 Å².